The van der Waals surface area contributed by atoms with Crippen LogP contribution < -0.4 is 10.5 Å². The molecule has 0 aliphatic carbocycles. The molecular formula is C11H12N2O3. The van der Waals surface area contributed by atoms with Gasteiger partial charge in [0.1, 0.15) is 5.75 Å². The highest BCUT2D eigenvalue weighted by Gasteiger charge is 2.05. The molecule has 2 aromatic rings. The van der Waals surface area contributed by atoms with Crippen molar-refractivity contribution in [3.8, 4) is 17.2 Å². The summed E-state index contributed by atoms with van der Waals surface area (Å²) < 4.78 is 10.3. The summed E-state index contributed by atoms with van der Waals surface area (Å²) in [4.78, 5) is 10.8. The Morgan fingerprint density at radius 2 is 2.00 bits per heavy atom. The van der Waals surface area contributed by atoms with Crippen LogP contribution in [0.15, 0.2) is 33.5 Å². The third kappa shape index (κ3) is 2.31. The fourth-order valence-corrected chi connectivity index (χ4v) is 1.30. The molecule has 0 aliphatic rings. The van der Waals surface area contributed by atoms with Crippen LogP contribution in [0.2, 0.25) is 0 Å². The van der Waals surface area contributed by atoms with Crippen molar-refractivity contribution in [3.63, 3.8) is 0 Å². The molecule has 0 atom stereocenters. The van der Waals surface area contributed by atoms with E-state index in [2.05, 4.69) is 10.2 Å². The molecule has 1 heterocycles. The third-order valence-electron chi connectivity index (χ3n) is 1.91. The summed E-state index contributed by atoms with van der Waals surface area (Å²) in [5.74, 6) is 0.496. The van der Waals surface area contributed by atoms with Gasteiger partial charge in [0.25, 0.3) is 0 Å². The van der Waals surface area contributed by atoms with E-state index in [-0.39, 0.29) is 12.0 Å². The normalized spacial score (nSPS) is 10.7. The average Bonchev–Trinajstić information content (AvgIpc) is 2.65. The highest BCUT2D eigenvalue weighted by molar-refractivity contribution is 5.53. The number of H-pyrrole nitrogens is 1. The molecule has 0 unspecified atom stereocenters. The first-order valence-electron chi connectivity index (χ1n) is 4.98. The fourth-order valence-electron chi connectivity index (χ4n) is 1.30. The van der Waals surface area contributed by atoms with Crippen LogP contribution in [0.4, 0.5) is 0 Å². The van der Waals surface area contributed by atoms with Gasteiger partial charge in [-0.25, -0.2) is 9.89 Å². The van der Waals surface area contributed by atoms with Gasteiger partial charge in [-0.2, -0.15) is 0 Å². The van der Waals surface area contributed by atoms with E-state index in [4.69, 9.17) is 9.15 Å². The number of aromatic nitrogens is 2. The molecule has 1 aromatic carbocycles. The van der Waals surface area contributed by atoms with Gasteiger partial charge in [-0.3, -0.25) is 0 Å². The minimum atomic E-state index is -0.558. The van der Waals surface area contributed by atoms with Gasteiger partial charge >= 0.3 is 5.76 Å². The summed E-state index contributed by atoms with van der Waals surface area (Å²) in [5, 5.41) is 5.94. The lowest BCUT2D eigenvalue weighted by Gasteiger charge is -2.09. The van der Waals surface area contributed by atoms with Crippen molar-refractivity contribution < 1.29 is 9.15 Å². The van der Waals surface area contributed by atoms with Crippen LogP contribution in [0.5, 0.6) is 5.75 Å². The molecule has 0 aliphatic heterocycles. The van der Waals surface area contributed by atoms with Gasteiger partial charge in [0, 0.05) is 5.56 Å². The summed E-state index contributed by atoms with van der Waals surface area (Å²) >= 11 is 0. The quantitative estimate of drug-likeness (QED) is 0.856. The van der Waals surface area contributed by atoms with Crippen molar-refractivity contribution in [3.05, 3.63) is 34.8 Å². The molecule has 0 saturated carbocycles. The first-order chi connectivity index (χ1) is 7.65. The van der Waals surface area contributed by atoms with E-state index in [0.717, 1.165) is 11.3 Å². The molecule has 16 heavy (non-hydrogen) atoms. The molecule has 1 N–H and O–H groups in total. The zero-order valence-corrected chi connectivity index (χ0v) is 9.06. The van der Waals surface area contributed by atoms with Crippen LogP contribution in [0.3, 0.4) is 0 Å². The molecule has 1 aromatic heterocycles. The maximum absolute atomic E-state index is 10.8. The summed E-state index contributed by atoms with van der Waals surface area (Å²) in [6.07, 6.45) is 0.133. The predicted octanol–water partition coefficient (Wildman–Crippen LogP) is 1.82. The van der Waals surface area contributed by atoms with Gasteiger partial charge in [-0.15, -0.1) is 5.10 Å². The van der Waals surface area contributed by atoms with Gasteiger partial charge in [-0.1, -0.05) is 0 Å². The molecule has 5 nitrogen and oxygen atoms in total. The van der Waals surface area contributed by atoms with E-state index in [1.165, 1.54) is 0 Å². The van der Waals surface area contributed by atoms with Crippen molar-refractivity contribution in [1.29, 1.82) is 0 Å². The second-order valence-corrected chi connectivity index (χ2v) is 3.61. The van der Waals surface area contributed by atoms with E-state index in [1.54, 1.807) is 12.1 Å². The highest BCUT2D eigenvalue weighted by atomic mass is 16.5. The number of hydrogen-bond donors (Lipinski definition) is 1. The van der Waals surface area contributed by atoms with E-state index >= 15 is 0 Å². The monoisotopic (exact) mass is 220 g/mol. The lowest BCUT2D eigenvalue weighted by atomic mass is 10.2. The number of ether oxygens (including phenoxy) is 1. The van der Waals surface area contributed by atoms with Crippen molar-refractivity contribution in [2.45, 2.75) is 20.0 Å². The summed E-state index contributed by atoms with van der Waals surface area (Å²) in [7, 11) is 0. The third-order valence-corrected chi connectivity index (χ3v) is 1.91. The number of rotatable bonds is 3. The smallest absolute Gasteiger partial charge is 0.434 e. The van der Waals surface area contributed by atoms with E-state index in [0.29, 0.717) is 0 Å². The lowest BCUT2D eigenvalue weighted by Crippen LogP contribution is -2.05. The largest absolute Gasteiger partial charge is 0.491 e. The summed E-state index contributed by atoms with van der Waals surface area (Å²) in [6, 6.07) is 7.20. The maximum atomic E-state index is 10.8. The number of nitrogens with one attached hydrogen (secondary N) is 1. The molecule has 84 valence electrons. The Morgan fingerprint density at radius 3 is 2.50 bits per heavy atom. The van der Waals surface area contributed by atoms with Crippen molar-refractivity contribution in [2.75, 3.05) is 0 Å². The SMILES string of the molecule is CC(C)Oc1ccc(-c2n[nH]c(=O)o2)cc1. The Labute approximate surface area is 92.1 Å². The van der Waals surface area contributed by atoms with Crippen LogP contribution in [0.1, 0.15) is 13.8 Å². The molecule has 0 fully saturated rings. The molecule has 0 bridgehead atoms. The Balaban J connectivity index is 2.22. The number of nitrogens with zero attached hydrogens (tertiary/aromatic N) is 1. The molecular weight excluding hydrogens is 208 g/mol. The minimum Gasteiger partial charge on any atom is -0.491 e. The van der Waals surface area contributed by atoms with Crippen LogP contribution in [0, 0.1) is 0 Å². The first-order valence-corrected chi connectivity index (χ1v) is 4.98. The second-order valence-electron chi connectivity index (χ2n) is 3.61. The minimum absolute atomic E-state index is 0.133. The van der Waals surface area contributed by atoms with Gasteiger partial charge in [0.15, 0.2) is 0 Å². The van der Waals surface area contributed by atoms with Crippen LogP contribution in [-0.2, 0) is 0 Å². The summed E-state index contributed by atoms with van der Waals surface area (Å²) in [6.45, 7) is 3.92. The molecule has 0 radical (unpaired) electrons. The zero-order valence-electron chi connectivity index (χ0n) is 9.06. The van der Waals surface area contributed by atoms with Gasteiger partial charge in [0.05, 0.1) is 6.10 Å². The Morgan fingerprint density at radius 1 is 1.31 bits per heavy atom. The standard InChI is InChI=1S/C11H12N2O3/c1-7(2)15-9-5-3-8(4-6-9)10-12-13-11(14)16-10/h3-7H,1-2H3,(H,13,14). The van der Waals surface area contributed by atoms with Crippen molar-refractivity contribution in [1.82, 2.24) is 10.2 Å². The first kappa shape index (κ1) is 10.5. The molecule has 0 spiro atoms. The van der Waals surface area contributed by atoms with Gasteiger partial charge in [-0.05, 0) is 38.1 Å². The predicted molar refractivity (Wildman–Crippen MR) is 58.3 cm³/mol. The Hall–Kier alpha value is -2.04. The van der Waals surface area contributed by atoms with Crippen molar-refractivity contribution >= 4 is 0 Å². The summed E-state index contributed by atoms with van der Waals surface area (Å²) in [5.41, 5.74) is 0.731. The second kappa shape index (κ2) is 4.22. The van der Waals surface area contributed by atoms with Crippen LogP contribution >= 0.6 is 0 Å². The zero-order chi connectivity index (χ0) is 11.5. The van der Waals surface area contributed by atoms with E-state index in [9.17, 15) is 4.79 Å². The van der Waals surface area contributed by atoms with Gasteiger partial charge < -0.3 is 9.15 Å². The lowest BCUT2D eigenvalue weighted by molar-refractivity contribution is 0.242. The van der Waals surface area contributed by atoms with Crippen LogP contribution in [0.25, 0.3) is 11.5 Å². The Bertz CT molecular complexity index is 511. The fraction of sp³-hybridized carbons (Fsp3) is 0.273. The number of benzene rings is 1. The van der Waals surface area contributed by atoms with E-state index in [1.807, 2.05) is 26.0 Å². The number of hydrogen-bond acceptors (Lipinski definition) is 4. The Kier molecular flexibility index (Phi) is 2.76. The molecule has 0 saturated heterocycles. The molecule has 5 heteroatoms. The topological polar surface area (TPSA) is 68.1 Å². The van der Waals surface area contributed by atoms with E-state index < -0.39 is 5.76 Å². The molecule has 0 amide bonds. The maximum Gasteiger partial charge on any atom is 0.434 e. The van der Waals surface area contributed by atoms with Gasteiger partial charge in [0.2, 0.25) is 5.89 Å². The van der Waals surface area contributed by atoms with Crippen molar-refractivity contribution in [2.24, 2.45) is 0 Å². The molecule has 2 rings (SSSR count). The number of aromatic amines is 1. The highest BCUT2D eigenvalue weighted by Crippen LogP contribution is 2.19. The average molecular weight is 220 g/mol. The van der Waals surface area contributed by atoms with Crippen LogP contribution in [-0.4, -0.2) is 16.3 Å².